The molecule has 3 N–H and O–H groups in total. The minimum absolute atomic E-state index is 0.256. The molecule has 0 aliphatic rings. The molecule has 3 heteroatoms. The highest BCUT2D eigenvalue weighted by atomic mass is 32.1. The minimum Gasteiger partial charge on any atom is -0.396 e. The number of aryl methyl sites for hydroxylation is 1. The molecule has 14 heavy (non-hydrogen) atoms. The molecular formula is C11H19NOS. The van der Waals surface area contributed by atoms with E-state index in [4.69, 9.17) is 10.8 Å². The molecule has 0 aliphatic heterocycles. The highest BCUT2D eigenvalue weighted by Crippen LogP contribution is 2.19. The monoisotopic (exact) mass is 213 g/mol. The van der Waals surface area contributed by atoms with E-state index in [-0.39, 0.29) is 6.61 Å². The van der Waals surface area contributed by atoms with Crippen molar-refractivity contribution in [2.45, 2.75) is 32.1 Å². The molecule has 1 rings (SSSR count). The molecule has 0 bridgehead atoms. The van der Waals surface area contributed by atoms with Crippen LogP contribution in [0.1, 0.15) is 29.7 Å². The molecule has 0 atom stereocenters. The van der Waals surface area contributed by atoms with Gasteiger partial charge < -0.3 is 10.8 Å². The van der Waals surface area contributed by atoms with Gasteiger partial charge in [-0.25, -0.2) is 0 Å². The van der Waals surface area contributed by atoms with Crippen LogP contribution in [0.4, 0.5) is 0 Å². The second-order valence-electron chi connectivity index (χ2n) is 3.44. The summed E-state index contributed by atoms with van der Waals surface area (Å²) in [4.78, 5) is 1.44. The van der Waals surface area contributed by atoms with Crippen LogP contribution in [-0.4, -0.2) is 18.3 Å². The van der Waals surface area contributed by atoms with Crippen LogP contribution in [0.25, 0.3) is 0 Å². The first-order valence-corrected chi connectivity index (χ1v) is 6.12. The average Bonchev–Trinajstić information content (AvgIpc) is 2.61. The van der Waals surface area contributed by atoms with Crippen molar-refractivity contribution >= 4 is 11.3 Å². The molecule has 0 fully saturated rings. The topological polar surface area (TPSA) is 46.2 Å². The van der Waals surface area contributed by atoms with Gasteiger partial charge in [-0.1, -0.05) is 6.42 Å². The van der Waals surface area contributed by atoms with Gasteiger partial charge in [0.15, 0.2) is 0 Å². The van der Waals surface area contributed by atoms with E-state index in [2.05, 4.69) is 11.4 Å². The first-order chi connectivity index (χ1) is 6.88. The summed E-state index contributed by atoms with van der Waals surface area (Å²) in [6.07, 6.45) is 5.51. The number of unbranched alkanes of at least 4 members (excludes halogenated alkanes) is 2. The van der Waals surface area contributed by atoms with Crippen molar-refractivity contribution < 1.29 is 5.11 Å². The molecule has 0 aromatic carbocycles. The summed E-state index contributed by atoms with van der Waals surface area (Å²) in [5.41, 5.74) is 6.76. The molecule has 0 saturated heterocycles. The van der Waals surface area contributed by atoms with Crippen molar-refractivity contribution in [2.24, 2.45) is 5.73 Å². The van der Waals surface area contributed by atoms with Crippen LogP contribution in [0.2, 0.25) is 0 Å². The maximum atomic E-state index is 8.86. The lowest BCUT2D eigenvalue weighted by molar-refractivity contribution is 0.299. The Balaban J connectivity index is 2.30. The van der Waals surface area contributed by atoms with Crippen LogP contribution in [0, 0.1) is 0 Å². The number of aliphatic hydroxyl groups is 1. The maximum absolute atomic E-state index is 8.86. The Morgan fingerprint density at radius 1 is 1.21 bits per heavy atom. The summed E-state index contributed by atoms with van der Waals surface area (Å²) in [5, 5.41) is 11.0. The Morgan fingerprint density at radius 2 is 2.07 bits per heavy atom. The second-order valence-corrected chi connectivity index (χ2v) is 4.44. The third kappa shape index (κ3) is 3.78. The second kappa shape index (κ2) is 6.98. The van der Waals surface area contributed by atoms with Gasteiger partial charge in [-0.2, -0.15) is 0 Å². The Kier molecular flexibility index (Phi) is 5.83. The molecule has 1 aromatic rings. The fraction of sp³-hybridized carbons (Fsp3) is 0.636. The molecule has 0 saturated carbocycles. The van der Waals surface area contributed by atoms with E-state index in [9.17, 15) is 0 Å². The zero-order valence-corrected chi connectivity index (χ0v) is 9.35. The maximum Gasteiger partial charge on any atom is 0.0471 e. The molecule has 0 spiro atoms. The van der Waals surface area contributed by atoms with Crippen LogP contribution >= 0.6 is 11.3 Å². The van der Waals surface area contributed by atoms with Gasteiger partial charge in [0, 0.05) is 11.5 Å². The Labute approximate surface area is 89.8 Å². The summed E-state index contributed by atoms with van der Waals surface area (Å²) in [6, 6.07) is 2.12. The van der Waals surface area contributed by atoms with Gasteiger partial charge >= 0.3 is 0 Å². The van der Waals surface area contributed by atoms with E-state index in [1.807, 2.05) is 0 Å². The predicted molar refractivity (Wildman–Crippen MR) is 61.7 cm³/mol. The molecule has 0 amide bonds. The number of hydrogen-bond acceptors (Lipinski definition) is 3. The fourth-order valence-corrected chi connectivity index (χ4v) is 2.52. The van der Waals surface area contributed by atoms with Crippen molar-refractivity contribution in [3.8, 4) is 0 Å². The molecule has 1 aromatic heterocycles. The van der Waals surface area contributed by atoms with E-state index >= 15 is 0 Å². The van der Waals surface area contributed by atoms with Gasteiger partial charge in [-0.3, -0.25) is 0 Å². The normalized spacial score (nSPS) is 10.7. The van der Waals surface area contributed by atoms with Gasteiger partial charge in [-0.15, -0.1) is 11.3 Å². The molecule has 0 aliphatic carbocycles. The Bertz CT molecular complexity index is 247. The smallest absolute Gasteiger partial charge is 0.0471 e. The molecule has 0 radical (unpaired) electrons. The summed E-state index contributed by atoms with van der Waals surface area (Å²) in [5.74, 6) is 0. The fourth-order valence-electron chi connectivity index (χ4n) is 1.54. The number of aliphatic hydroxyl groups excluding tert-OH is 1. The summed E-state index contributed by atoms with van der Waals surface area (Å²) in [6.45, 7) is 1.06. The number of hydrogen-bond donors (Lipinski definition) is 2. The summed E-state index contributed by atoms with van der Waals surface area (Å²) >= 11 is 1.81. The molecular weight excluding hydrogens is 194 g/mol. The van der Waals surface area contributed by atoms with E-state index in [1.165, 1.54) is 23.3 Å². The van der Waals surface area contributed by atoms with E-state index in [1.54, 1.807) is 11.3 Å². The molecule has 0 unspecified atom stereocenters. The third-order valence-electron chi connectivity index (χ3n) is 2.33. The zero-order chi connectivity index (χ0) is 10.2. The largest absolute Gasteiger partial charge is 0.396 e. The average molecular weight is 213 g/mol. The van der Waals surface area contributed by atoms with Gasteiger partial charge in [0.25, 0.3) is 0 Å². The third-order valence-corrected chi connectivity index (χ3v) is 3.35. The molecule has 80 valence electrons. The quantitative estimate of drug-likeness (QED) is 0.680. The lowest BCUT2D eigenvalue weighted by Gasteiger charge is -2.01. The number of rotatable bonds is 7. The standard InChI is InChI=1S/C11H19NOS/c12-7-3-1-2-4-11-10(5-8-13)6-9-14-11/h6,9,13H,1-5,7-8,12H2. The van der Waals surface area contributed by atoms with Crippen LogP contribution in [0.3, 0.4) is 0 Å². The number of nitrogens with two attached hydrogens (primary N) is 1. The lowest BCUT2D eigenvalue weighted by Crippen LogP contribution is -1.98. The first-order valence-electron chi connectivity index (χ1n) is 5.24. The van der Waals surface area contributed by atoms with Crippen molar-refractivity contribution in [1.29, 1.82) is 0 Å². The van der Waals surface area contributed by atoms with Crippen molar-refractivity contribution in [1.82, 2.24) is 0 Å². The minimum atomic E-state index is 0.256. The van der Waals surface area contributed by atoms with E-state index in [0.29, 0.717) is 0 Å². The highest BCUT2D eigenvalue weighted by molar-refractivity contribution is 7.10. The molecule has 2 nitrogen and oxygen atoms in total. The van der Waals surface area contributed by atoms with E-state index < -0.39 is 0 Å². The van der Waals surface area contributed by atoms with Gasteiger partial charge in [0.05, 0.1) is 0 Å². The lowest BCUT2D eigenvalue weighted by atomic mass is 10.1. The molecule has 1 heterocycles. The predicted octanol–water partition coefficient (Wildman–Crippen LogP) is 1.95. The van der Waals surface area contributed by atoms with Crippen molar-refractivity contribution in [3.63, 3.8) is 0 Å². The van der Waals surface area contributed by atoms with Gasteiger partial charge in [0.2, 0.25) is 0 Å². The zero-order valence-electron chi connectivity index (χ0n) is 8.54. The highest BCUT2D eigenvalue weighted by Gasteiger charge is 2.02. The van der Waals surface area contributed by atoms with E-state index in [0.717, 1.165) is 25.8 Å². The van der Waals surface area contributed by atoms with Crippen LogP contribution in [0.5, 0.6) is 0 Å². The summed E-state index contributed by atoms with van der Waals surface area (Å²) < 4.78 is 0. The van der Waals surface area contributed by atoms with Crippen LogP contribution in [0.15, 0.2) is 11.4 Å². The Hall–Kier alpha value is -0.380. The van der Waals surface area contributed by atoms with Crippen LogP contribution < -0.4 is 5.73 Å². The Morgan fingerprint density at radius 3 is 2.79 bits per heavy atom. The van der Waals surface area contributed by atoms with Crippen LogP contribution in [-0.2, 0) is 12.8 Å². The number of thiophene rings is 1. The first kappa shape index (κ1) is 11.7. The summed E-state index contributed by atoms with van der Waals surface area (Å²) in [7, 11) is 0. The van der Waals surface area contributed by atoms with Gasteiger partial charge in [0.1, 0.15) is 0 Å². The van der Waals surface area contributed by atoms with Gasteiger partial charge in [-0.05, 0) is 49.2 Å². The van der Waals surface area contributed by atoms with Crippen molar-refractivity contribution in [3.05, 3.63) is 21.9 Å². The SMILES string of the molecule is NCCCCCc1sccc1CCO. The van der Waals surface area contributed by atoms with Crippen molar-refractivity contribution in [2.75, 3.05) is 13.2 Å².